The fourth-order valence-corrected chi connectivity index (χ4v) is 2.72. The third-order valence-electron chi connectivity index (χ3n) is 3.39. The Kier molecular flexibility index (Phi) is 1.59. The Balaban J connectivity index is 1.97. The van der Waals surface area contributed by atoms with E-state index in [9.17, 15) is 0 Å². The number of nitrogens with zero attached hydrogens (tertiary/aromatic N) is 1. The van der Waals surface area contributed by atoms with Gasteiger partial charge in [-0.2, -0.15) is 0 Å². The van der Waals surface area contributed by atoms with E-state index in [1.165, 1.54) is 16.5 Å². The first-order valence-electron chi connectivity index (χ1n) is 4.71. The van der Waals surface area contributed by atoms with Gasteiger partial charge in [0, 0.05) is 23.0 Å². The molecule has 1 saturated carbocycles. The van der Waals surface area contributed by atoms with Crippen LogP contribution in [0.3, 0.4) is 0 Å². The van der Waals surface area contributed by atoms with Crippen LogP contribution < -0.4 is 5.32 Å². The van der Waals surface area contributed by atoms with E-state index < -0.39 is 0 Å². The molecule has 1 aromatic carbocycles. The van der Waals surface area contributed by atoms with Gasteiger partial charge in [0.2, 0.25) is 0 Å². The summed E-state index contributed by atoms with van der Waals surface area (Å²) in [5.74, 6) is 0.855. The Morgan fingerprint density at radius 2 is 2.08 bits per heavy atom. The lowest BCUT2D eigenvalue weighted by molar-refractivity contribution is 0.666. The summed E-state index contributed by atoms with van der Waals surface area (Å²) >= 11 is 3.46. The summed E-state index contributed by atoms with van der Waals surface area (Å²) in [4.78, 5) is 0. The van der Waals surface area contributed by atoms with Crippen LogP contribution in [0.25, 0.3) is 0 Å². The van der Waals surface area contributed by atoms with E-state index in [0.717, 1.165) is 19.0 Å². The molecule has 2 unspecified atom stereocenters. The first-order chi connectivity index (χ1) is 6.31. The molecule has 1 aliphatic heterocycles. The zero-order valence-corrected chi connectivity index (χ0v) is 8.92. The topological polar surface area (TPSA) is 14.1 Å². The molecule has 1 saturated heterocycles. The van der Waals surface area contributed by atoms with Crippen molar-refractivity contribution in [1.82, 2.24) is 5.32 Å². The number of piperidine rings is 1. The van der Waals surface area contributed by atoms with E-state index in [2.05, 4.69) is 45.5 Å². The van der Waals surface area contributed by atoms with Gasteiger partial charge in [0.25, 0.3) is 0 Å². The van der Waals surface area contributed by atoms with Crippen LogP contribution in [-0.2, 0) is 5.41 Å². The molecule has 67 valence electrons. The fraction of sp³-hybridized carbons (Fsp3) is 0.455. The van der Waals surface area contributed by atoms with Gasteiger partial charge in [0.05, 0.1) is 0 Å². The maximum atomic E-state index is 4.47. The third kappa shape index (κ3) is 1.09. The SMILES string of the molecule is Brc1ccc(C23C[N]CC2C3)cc1. The second kappa shape index (κ2) is 2.58. The number of fused-ring (bicyclic) bond motifs is 1. The van der Waals surface area contributed by atoms with Gasteiger partial charge in [0.15, 0.2) is 0 Å². The van der Waals surface area contributed by atoms with Crippen molar-refractivity contribution in [2.24, 2.45) is 5.92 Å². The summed E-state index contributed by atoms with van der Waals surface area (Å²) in [6.07, 6.45) is 1.36. The Bertz CT molecular complexity index is 332. The fourth-order valence-electron chi connectivity index (χ4n) is 2.46. The summed E-state index contributed by atoms with van der Waals surface area (Å²) in [6.45, 7) is 2.15. The molecule has 1 nitrogen and oxygen atoms in total. The predicted octanol–water partition coefficient (Wildman–Crippen LogP) is 2.32. The minimum absolute atomic E-state index is 0.459. The smallest absolute Gasteiger partial charge is 0.0234 e. The zero-order chi connectivity index (χ0) is 8.89. The number of hydrogen-bond acceptors (Lipinski definition) is 0. The maximum absolute atomic E-state index is 4.47. The van der Waals surface area contributed by atoms with Gasteiger partial charge in [-0.25, -0.2) is 5.32 Å². The highest BCUT2D eigenvalue weighted by Gasteiger charge is 2.58. The van der Waals surface area contributed by atoms with Gasteiger partial charge in [-0.3, -0.25) is 0 Å². The highest BCUT2D eigenvalue weighted by Crippen LogP contribution is 2.56. The minimum atomic E-state index is 0.459. The van der Waals surface area contributed by atoms with Crippen molar-refractivity contribution in [3.63, 3.8) is 0 Å². The Morgan fingerprint density at radius 3 is 2.62 bits per heavy atom. The molecule has 1 aliphatic carbocycles. The van der Waals surface area contributed by atoms with Crippen molar-refractivity contribution < 1.29 is 0 Å². The number of benzene rings is 1. The quantitative estimate of drug-likeness (QED) is 0.711. The van der Waals surface area contributed by atoms with E-state index in [1.54, 1.807) is 0 Å². The Morgan fingerprint density at radius 1 is 1.31 bits per heavy atom. The molecule has 2 atom stereocenters. The highest BCUT2D eigenvalue weighted by atomic mass is 79.9. The summed E-state index contributed by atoms with van der Waals surface area (Å²) in [5.41, 5.74) is 1.95. The molecular formula is C11H11BrN. The van der Waals surface area contributed by atoms with Crippen LogP contribution in [0.15, 0.2) is 28.7 Å². The minimum Gasteiger partial charge on any atom is -0.241 e. The van der Waals surface area contributed by atoms with Crippen molar-refractivity contribution in [1.29, 1.82) is 0 Å². The molecule has 0 bridgehead atoms. The average molecular weight is 237 g/mol. The van der Waals surface area contributed by atoms with Crippen molar-refractivity contribution in [3.05, 3.63) is 34.3 Å². The first-order valence-corrected chi connectivity index (χ1v) is 5.50. The van der Waals surface area contributed by atoms with Crippen molar-refractivity contribution >= 4 is 15.9 Å². The Labute approximate surface area is 86.7 Å². The molecule has 1 radical (unpaired) electrons. The molecule has 1 heterocycles. The van der Waals surface area contributed by atoms with Gasteiger partial charge >= 0.3 is 0 Å². The average Bonchev–Trinajstić information content (AvgIpc) is 2.71. The van der Waals surface area contributed by atoms with Crippen LogP contribution in [0.2, 0.25) is 0 Å². The largest absolute Gasteiger partial charge is 0.241 e. The summed E-state index contributed by atoms with van der Waals surface area (Å²) < 4.78 is 1.17. The molecule has 13 heavy (non-hydrogen) atoms. The van der Waals surface area contributed by atoms with Crippen molar-refractivity contribution in [3.8, 4) is 0 Å². The third-order valence-corrected chi connectivity index (χ3v) is 3.92. The zero-order valence-electron chi connectivity index (χ0n) is 7.33. The molecule has 0 spiro atoms. The lowest BCUT2D eigenvalue weighted by Gasteiger charge is -2.11. The van der Waals surface area contributed by atoms with Crippen LogP contribution in [0, 0.1) is 5.92 Å². The van der Waals surface area contributed by atoms with E-state index in [1.807, 2.05) is 0 Å². The molecule has 0 aromatic heterocycles. The molecule has 1 aromatic rings. The van der Waals surface area contributed by atoms with Crippen LogP contribution in [0.1, 0.15) is 12.0 Å². The summed E-state index contributed by atoms with van der Waals surface area (Å²) in [6, 6.07) is 8.76. The Hall–Kier alpha value is -0.340. The molecule has 0 amide bonds. The van der Waals surface area contributed by atoms with E-state index in [-0.39, 0.29) is 0 Å². The second-order valence-electron chi connectivity index (χ2n) is 4.13. The lowest BCUT2D eigenvalue weighted by Crippen LogP contribution is -2.14. The van der Waals surface area contributed by atoms with Crippen molar-refractivity contribution in [2.75, 3.05) is 13.1 Å². The lowest BCUT2D eigenvalue weighted by atomic mass is 9.95. The summed E-state index contributed by atoms with van der Waals surface area (Å²) in [7, 11) is 0. The number of halogens is 1. The first kappa shape index (κ1) is 8.01. The normalized spacial score (nSPS) is 35.9. The van der Waals surface area contributed by atoms with Gasteiger partial charge in [-0.15, -0.1) is 0 Å². The van der Waals surface area contributed by atoms with E-state index in [4.69, 9.17) is 0 Å². The van der Waals surface area contributed by atoms with Crippen LogP contribution in [-0.4, -0.2) is 13.1 Å². The second-order valence-corrected chi connectivity index (χ2v) is 5.04. The molecular weight excluding hydrogens is 226 g/mol. The number of rotatable bonds is 1. The van der Waals surface area contributed by atoms with Crippen LogP contribution in [0.5, 0.6) is 0 Å². The van der Waals surface area contributed by atoms with E-state index >= 15 is 0 Å². The van der Waals surface area contributed by atoms with Gasteiger partial charge in [0.1, 0.15) is 0 Å². The molecule has 0 N–H and O–H groups in total. The van der Waals surface area contributed by atoms with Gasteiger partial charge in [-0.05, 0) is 30.0 Å². The maximum Gasteiger partial charge on any atom is 0.0234 e. The molecule has 2 aliphatic rings. The molecule has 2 heteroatoms. The number of hydrogen-bond donors (Lipinski definition) is 0. The molecule has 2 fully saturated rings. The predicted molar refractivity (Wildman–Crippen MR) is 55.8 cm³/mol. The van der Waals surface area contributed by atoms with E-state index in [0.29, 0.717) is 5.41 Å². The summed E-state index contributed by atoms with van der Waals surface area (Å²) in [5, 5.41) is 4.47. The monoisotopic (exact) mass is 236 g/mol. The van der Waals surface area contributed by atoms with Gasteiger partial charge in [-0.1, -0.05) is 28.1 Å². The van der Waals surface area contributed by atoms with Crippen molar-refractivity contribution in [2.45, 2.75) is 11.8 Å². The van der Waals surface area contributed by atoms with Crippen LogP contribution in [0.4, 0.5) is 0 Å². The standard InChI is InChI=1S/C11H11BrN/c12-10-3-1-8(2-4-10)11-5-9(11)6-13-7-11/h1-4,9H,5-7H2. The highest BCUT2D eigenvalue weighted by molar-refractivity contribution is 9.10. The van der Waals surface area contributed by atoms with Gasteiger partial charge < -0.3 is 0 Å². The van der Waals surface area contributed by atoms with Crippen LogP contribution >= 0.6 is 15.9 Å². The molecule has 3 rings (SSSR count).